The minimum atomic E-state index is 0.672. The summed E-state index contributed by atoms with van der Waals surface area (Å²) in [7, 11) is 0. The first kappa shape index (κ1) is 15.0. The molecule has 1 heterocycles. The Labute approximate surface area is 129 Å². The molecule has 0 bridgehead atoms. The molecule has 0 spiro atoms. The van der Waals surface area contributed by atoms with Gasteiger partial charge in [0.25, 0.3) is 0 Å². The van der Waals surface area contributed by atoms with Crippen LogP contribution in [0.5, 0.6) is 0 Å². The summed E-state index contributed by atoms with van der Waals surface area (Å²) >= 11 is 3.65. The van der Waals surface area contributed by atoms with Gasteiger partial charge in [0.2, 0.25) is 0 Å². The maximum Gasteiger partial charge on any atom is 0.147 e. The molecule has 3 nitrogen and oxygen atoms in total. The molecule has 4 heteroatoms. The lowest BCUT2D eigenvalue weighted by molar-refractivity contribution is 0.808. The van der Waals surface area contributed by atoms with Gasteiger partial charge >= 0.3 is 0 Å². The Bertz CT molecular complexity index is 566. The van der Waals surface area contributed by atoms with E-state index in [-0.39, 0.29) is 0 Å². The Morgan fingerprint density at radius 2 is 1.85 bits per heavy atom. The lowest BCUT2D eigenvalue weighted by Crippen LogP contribution is -2.22. The number of anilines is 2. The summed E-state index contributed by atoms with van der Waals surface area (Å²) in [6.07, 6.45) is 2.77. The highest BCUT2D eigenvalue weighted by molar-refractivity contribution is 9.10. The number of hydrogen-bond acceptors (Lipinski definition) is 3. The minimum Gasteiger partial charge on any atom is -0.330 e. The molecule has 0 fully saturated rings. The lowest BCUT2D eigenvalue weighted by Gasteiger charge is -2.25. The zero-order chi connectivity index (χ0) is 14.5. The summed E-state index contributed by atoms with van der Waals surface area (Å²) in [5.41, 5.74) is 9.24. The van der Waals surface area contributed by atoms with Crippen LogP contribution >= 0.6 is 15.9 Å². The smallest absolute Gasteiger partial charge is 0.147 e. The highest BCUT2D eigenvalue weighted by Gasteiger charge is 2.14. The van der Waals surface area contributed by atoms with Crippen LogP contribution in [-0.2, 0) is 0 Å². The van der Waals surface area contributed by atoms with E-state index in [9.17, 15) is 0 Å². The van der Waals surface area contributed by atoms with Crippen LogP contribution < -0.4 is 10.6 Å². The van der Waals surface area contributed by atoms with E-state index in [0.29, 0.717) is 6.54 Å². The van der Waals surface area contributed by atoms with Crippen LogP contribution in [-0.4, -0.2) is 18.1 Å². The highest BCUT2D eigenvalue weighted by Crippen LogP contribution is 2.32. The Morgan fingerprint density at radius 3 is 2.50 bits per heavy atom. The summed E-state index contributed by atoms with van der Waals surface area (Å²) in [5, 5.41) is 0. The maximum absolute atomic E-state index is 5.67. The average molecular weight is 334 g/mol. The molecule has 0 unspecified atom stereocenters. The largest absolute Gasteiger partial charge is 0.330 e. The third-order valence-corrected chi connectivity index (χ3v) is 4.23. The first-order chi connectivity index (χ1) is 9.63. The van der Waals surface area contributed by atoms with Crippen molar-refractivity contribution in [1.29, 1.82) is 0 Å². The number of aryl methyl sites for hydroxylation is 2. The second-order valence-electron chi connectivity index (χ2n) is 4.89. The van der Waals surface area contributed by atoms with E-state index < -0.39 is 0 Å². The summed E-state index contributed by atoms with van der Waals surface area (Å²) in [4.78, 5) is 6.74. The fraction of sp³-hybridized carbons (Fsp3) is 0.312. The topological polar surface area (TPSA) is 42.1 Å². The molecule has 1 aromatic carbocycles. The summed E-state index contributed by atoms with van der Waals surface area (Å²) in [5.74, 6) is 0.947. The number of rotatable bonds is 5. The number of nitrogens with two attached hydrogens (primary N) is 1. The molecule has 1 aromatic heterocycles. The fourth-order valence-electron chi connectivity index (χ4n) is 2.05. The second kappa shape index (κ2) is 6.86. The van der Waals surface area contributed by atoms with Gasteiger partial charge in [-0.25, -0.2) is 4.98 Å². The van der Waals surface area contributed by atoms with Gasteiger partial charge in [0.05, 0.1) is 4.47 Å². The molecule has 2 N–H and O–H groups in total. The van der Waals surface area contributed by atoms with Gasteiger partial charge in [0, 0.05) is 18.4 Å². The first-order valence-electron chi connectivity index (χ1n) is 6.79. The summed E-state index contributed by atoms with van der Waals surface area (Å²) in [6, 6.07) is 10.5. The summed E-state index contributed by atoms with van der Waals surface area (Å²) in [6.45, 7) is 5.70. The van der Waals surface area contributed by atoms with Gasteiger partial charge in [-0.3, -0.25) is 0 Å². The van der Waals surface area contributed by atoms with Crippen LogP contribution in [0.25, 0.3) is 0 Å². The van der Waals surface area contributed by atoms with E-state index in [0.717, 1.165) is 28.9 Å². The van der Waals surface area contributed by atoms with Crippen molar-refractivity contribution in [3.05, 3.63) is 52.1 Å². The van der Waals surface area contributed by atoms with Crippen LogP contribution in [0.1, 0.15) is 17.5 Å². The van der Waals surface area contributed by atoms with Crippen molar-refractivity contribution in [3.8, 4) is 0 Å². The van der Waals surface area contributed by atoms with Gasteiger partial charge in [0.1, 0.15) is 5.82 Å². The van der Waals surface area contributed by atoms with E-state index >= 15 is 0 Å². The molecule has 0 aliphatic heterocycles. The molecule has 0 saturated heterocycles. The van der Waals surface area contributed by atoms with Crippen molar-refractivity contribution in [2.75, 3.05) is 18.0 Å². The summed E-state index contributed by atoms with van der Waals surface area (Å²) < 4.78 is 1.04. The van der Waals surface area contributed by atoms with E-state index in [1.165, 1.54) is 11.1 Å². The first-order valence-corrected chi connectivity index (χ1v) is 7.58. The van der Waals surface area contributed by atoms with E-state index in [1.54, 1.807) is 0 Å². The van der Waals surface area contributed by atoms with Crippen molar-refractivity contribution in [2.45, 2.75) is 20.3 Å². The fourth-order valence-corrected chi connectivity index (χ4v) is 2.49. The predicted octanol–water partition coefficient (Wildman–Crippen LogP) is 3.95. The van der Waals surface area contributed by atoms with Gasteiger partial charge in [-0.1, -0.05) is 17.7 Å². The molecular weight excluding hydrogens is 314 g/mol. The number of nitrogens with zero attached hydrogens (tertiary/aromatic N) is 2. The highest BCUT2D eigenvalue weighted by atomic mass is 79.9. The van der Waals surface area contributed by atoms with Crippen molar-refractivity contribution < 1.29 is 0 Å². The van der Waals surface area contributed by atoms with Gasteiger partial charge in [0.15, 0.2) is 0 Å². The molecular formula is C16H20BrN3. The molecule has 106 valence electrons. The molecule has 0 atom stereocenters. The monoisotopic (exact) mass is 333 g/mol. The maximum atomic E-state index is 5.67. The molecule has 2 aromatic rings. The Hall–Kier alpha value is -1.39. The average Bonchev–Trinajstić information content (AvgIpc) is 2.45. The number of benzene rings is 1. The molecule has 2 rings (SSSR count). The van der Waals surface area contributed by atoms with Crippen molar-refractivity contribution >= 4 is 27.4 Å². The third-order valence-electron chi connectivity index (χ3n) is 3.25. The van der Waals surface area contributed by atoms with Crippen LogP contribution in [0.4, 0.5) is 11.5 Å². The zero-order valence-electron chi connectivity index (χ0n) is 11.9. The lowest BCUT2D eigenvalue weighted by atomic mass is 10.2. The quantitative estimate of drug-likeness (QED) is 0.900. The Kier molecular flexibility index (Phi) is 5.15. The van der Waals surface area contributed by atoms with E-state index in [4.69, 9.17) is 5.73 Å². The van der Waals surface area contributed by atoms with Crippen LogP contribution in [0.2, 0.25) is 0 Å². The van der Waals surface area contributed by atoms with Crippen molar-refractivity contribution in [1.82, 2.24) is 4.98 Å². The molecule has 0 aliphatic carbocycles. The Morgan fingerprint density at radius 1 is 1.15 bits per heavy atom. The molecule has 20 heavy (non-hydrogen) atoms. The zero-order valence-corrected chi connectivity index (χ0v) is 13.5. The minimum absolute atomic E-state index is 0.672. The van der Waals surface area contributed by atoms with Gasteiger partial charge in [-0.15, -0.1) is 0 Å². The number of halogens is 1. The number of hydrogen-bond donors (Lipinski definition) is 1. The third kappa shape index (κ3) is 3.38. The van der Waals surface area contributed by atoms with Crippen LogP contribution in [0.3, 0.4) is 0 Å². The second-order valence-corrected chi connectivity index (χ2v) is 5.69. The standard InChI is InChI=1S/C16H20BrN3/c1-12-4-6-14(7-5-12)20(11-3-9-18)16-15(17)13(2)8-10-19-16/h4-8,10H,3,9,11,18H2,1-2H3. The van der Waals surface area contributed by atoms with Gasteiger partial charge in [-0.2, -0.15) is 0 Å². The SMILES string of the molecule is Cc1ccc(N(CCCN)c2nccc(C)c2Br)cc1. The van der Waals surface area contributed by atoms with Crippen LogP contribution in [0, 0.1) is 13.8 Å². The Balaban J connectivity index is 2.41. The molecule has 0 amide bonds. The van der Waals surface area contributed by atoms with Gasteiger partial charge in [-0.05, 0) is 66.5 Å². The van der Waals surface area contributed by atoms with Crippen molar-refractivity contribution in [2.24, 2.45) is 5.73 Å². The predicted molar refractivity (Wildman–Crippen MR) is 88.5 cm³/mol. The van der Waals surface area contributed by atoms with E-state index in [2.05, 4.69) is 63.9 Å². The molecule has 0 saturated carbocycles. The number of pyridine rings is 1. The molecule has 0 aliphatic rings. The normalized spacial score (nSPS) is 10.6. The number of aromatic nitrogens is 1. The van der Waals surface area contributed by atoms with Crippen LogP contribution in [0.15, 0.2) is 41.0 Å². The van der Waals surface area contributed by atoms with Crippen molar-refractivity contribution in [3.63, 3.8) is 0 Å². The van der Waals surface area contributed by atoms with E-state index in [1.807, 2.05) is 12.3 Å². The molecule has 0 radical (unpaired) electrons. The van der Waals surface area contributed by atoms with Gasteiger partial charge < -0.3 is 10.6 Å².